The second kappa shape index (κ2) is 4.22. The number of allylic oxidation sites excluding steroid dienone is 3. The Morgan fingerprint density at radius 2 is 1.85 bits per heavy atom. The van der Waals surface area contributed by atoms with E-state index >= 15 is 0 Å². The highest BCUT2D eigenvalue weighted by Crippen LogP contribution is 2.23. The number of aliphatic imine (C=N–C) groups is 1. The average Bonchev–Trinajstić information content (AvgIpc) is 2.95. The Labute approximate surface area is 114 Å². The van der Waals surface area contributed by atoms with Gasteiger partial charge in [0, 0.05) is 19.2 Å². The summed E-state index contributed by atoms with van der Waals surface area (Å²) in [5.74, 6) is 0.196. The van der Waals surface area contributed by atoms with Crippen molar-refractivity contribution in [1.82, 2.24) is 9.36 Å². The maximum atomic E-state index is 12.2. The summed E-state index contributed by atoms with van der Waals surface area (Å²) in [6.45, 7) is 3.04. The van der Waals surface area contributed by atoms with Crippen LogP contribution < -0.4 is 17.0 Å². The van der Waals surface area contributed by atoms with E-state index in [4.69, 9.17) is 11.5 Å². The van der Waals surface area contributed by atoms with Crippen LogP contribution in [0.15, 0.2) is 33.2 Å². The highest BCUT2D eigenvalue weighted by Gasteiger charge is 2.22. The lowest BCUT2D eigenvalue weighted by molar-refractivity contribution is -0.111. The smallest absolute Gasteiger partial charge is 0.294 e. The maximum absolute atomic E-state index is 12.2. The molecule has 20 heavy (non-hydrogen) atoms. The minimum atomic E-state index is -0.219. The summed E-state index contributed by atoms with van der Waals surface area (Å²) in [7, 11) is 0. The Balaban J connectivity index is 2.13. The molecular formula is C13H15N5O2. The molecule has 0 fully saturated rings. The van der Waals surface area contributed by atoms with Gasteiger partial charge in [-0.05, 0) is 25.0 Å². The van der Waals surface area contributed by atoms with E-state index in [1.165, 1.54) is 6.08 Å². The number of ketones is 1. The van der Waals surface area contributed by atoms with Gasteiger partial charge in [0.1, 0.15) is 0 Å². The number of aromatic nitrogens is 2. The second-order valence-electron chi connectivity index (χ2n) is 4.93. The summed E-state index contributed by atoms with van der Waals surface area (Å²) < 4.78 is 3.31. The molecule has 104 valence electrons. The van der Waals surface area contributed by atoms with Crippen molar-refractivity contribution in [1.29, 1.82) is 0 Å². The summed E-state index contributed by atoms with van der Waals surface area (Å²) in [6, 6.07) is 0. The van der Waals surface area contributed by atoms with Crippen LogP contribution in [0.3, 0.4) is 0 Å². The Morgan fingerprint density at radius 1 is 1.15 bits per heavy atom. The number of nitrogens with two attached hydrogens (primary N) is 2. The molecule has 1 aromatic heterocycles. The third-order valence-electron chi connectivity index (χ3n) is 3.55. The number of anilines is 1. The standard InChI is InChI=1S/C13H15N5O2/c1-7-5-9(8(14)6-10(7)19)16-11-12(15)17-3-2-4-18(17)13(11)20/h5-6H,2-4,14-15H2,1H3. The number of carbonyl (C=O) groups is 1. The summed E-state index contributed by atoms with van der Waals surface area (Å²) in [6.07, 6.45) is 3.78. The number of nitrogens with zero attached hydrogens (tertiary/aromatic N) is 3. The minimum absolute atomic E-state index is 0.148. The van der Waals surface area contributed by atoms with Crippen molar-refractivity contribution in [3.63, 3.8) is 0 Å². The Morgan fingerprint density at radius 3 is 2.55 bits per heavy atom. The fraction of sp³-hybridized carbons (Fsp3) is 0.308. The van der Waals surface area contributed by atoms with Crippen molar-refractivity contribution in [2.24, 2.45) is 10.7 Å². The van der Waals surface area contributed by atoms with E-state index in [0.29, 0.717) is 30.2 Å². The van der Waals surface area contributed by atoms with Gasteiger partial charge < -0.3 is 11.5 Å². The van der Waals surface area contributed by atoms with E-state index in [0.717, 1.165) is 6.42 Å². The van der Waals surface area contributed by atoms with E-state index in [9.17, 15) is 9.59 Å². The van der Waals surface area contributed by atoms with Crippen LogP contribution in [0.1, 0.15) is 13.3 Å². The highest BCUT2D eigenvalue weighted by atomic mass is 16.1. The molecule has 0 amide bonds. The molecule has 0 aromatic carbocycles. The van der Waals surface area contributed by atoms with Crippen LogP contribution in [0.25, 0.3) is 0 Å². The van der Waals surface area contributed by atoms with Gasteiger partial charge in [0.05, 0.1) is 11.4 Å². The Bertz CT molecular complexity index is 760. The van der Waals surface area contributed by atoms with Crippen molar-refractivity contribution < 1.29 is 4.79 Å². The number of fused-ring (bicyclic) bond motifs is 1. The van der Waals surface area contributed by atoms with Gasteiger partial charge in [-0.15, -0.1) is 0 Å². The van der Waals surface area contributed by atoms with E-state index in [2.05, 4.69) is 4.99 Å². The lowest BCUT2D eigenvalue weighted by atomic mass is 10.0. The Hall–Kier alpha value is -2.57. The van der Waals surface area contributed by atoms with E-state index < -0.39 is 0 Å². The SMILES string of the molecule is CC1=CC(=Nc2c(N)n3n(c2=O)CCC3)C(N)=CC1=O. The largest absolute Gasteiger partial charge is 0.397 e. The van der Waals surface area contributed by atoms with Gasteiger partial charge in [0.2, 0.25) is 0 Å². The molecule has 7 heteroatoms. The zero-order valence-electron chi connectivity index (χ0n) is 11.1. The number of hydrogen-bond acceptors (Lipinski definition) is 5. The molecule has 4 N–H and O–H groups in total. The quantitative estimate of drug-likeness (QED) is 0.706. The molecule has 2 heterocycles. The van der Waals surface area contributed by atoms with Crippen LogP contribution >= 0.6 is 0 Å². The molecule has 2 aliphatic rings. The fourth-order valence-electron chi connectivity index (χ4n) is 2.44. The van der Waals surface area contributed by atoms with Gasteiger partial charge in [-0.2, -0.15) is 0 Å². The van der Waals surface area contributed by atoms with Crippen LogP contribution in [-0.2, 0) is 17.9 Å². The molecule has 1 aliphatic carbocycles. The van der Waals surface area contributed by atoms with Gasteiger partial charge >= 0.3 is 0 Å². The lowest BCUT2D eigenvalue weighted by Crippen LogP contribution is -2.19. The first-order chi connectivity index (χ1) is 9.49. The van der Waals surface area contributed by atoms with Gasteiger partial charge in [0.25, 0.3) is 5.56 Å². The van der Waals surface area contributed by atoms with Gasteiger partial charge in [-0.1, -0.05) is 0 Å². The van der Waals surface area contributed by atoms with Crippen molar-refractivity contribution in [3.05, 3.63) is 33.8 Å². The Kier molecular flexibility index (Phi) is 2.63. The molecule has 0 radical (unpaired) electrons. The van der Waals surface area contributed by atoms with Crippen LogP contribution in [0.4, 0.5) is 11.5 Å². The summed E-state index contributed by atoms with van der Waals surface area (Å²) in [4.78, 5) is 28.0. The summed E-state index contributed by atoms with van der Waals surface area (Å²) in [5.41, 5.74) is 12.9. The van der Waals surface area contributed by atoms with Crippen molar-refractivity contribution in [3.8, 4) is 0 Å². The fourth-order valence-corrected chi connectivity index (χ4v) is 2.44. The summed E-state index contributed by atoms with van der Waals surface area (Å²) >= 11 is 0. The van der Waals surface area contributed by atoms with Crippen molar-refractivity contribution >= 4 is 23.0 Å². The molecule has 7 nitrogen and oxygen atoms in total. The molecule has 0 saturated carbocycles. The molecule has 0 bridgehead atoms. The molecule has 1 aliphatic heterocycles. The molecule has 3 rings (SSSR count). The lowest BCUT2D eigenvalue weighted by Gasteiger charge is -2.08. The first-order valence-electron chi connectivity index (χ1n) is 6.37. The van der Waals surface area contributed by atoms with E-state index in [1.807, 2.05) is 0 Å². The maximum Gasteiger partial charge on any atom is 0.294 e. The average molecular weight is 273 g/mol. The molecule has 0 spiro atoms. The first-order valence-corrected chi connectivity index (χ1v) is 6.37. The number of nitrogen functional groups attached to an aromatic ring is 1. The van der Waals surface area contributed by atoms with Crippen LogP contribution in [0, 0.1) is 0 Å². The van der Waals surface area contributed by atoms with Gasteiger partial charge in [0.15, 0.2) is 17.3 Å². The predicted octanol–water partition coefficient (Wildman–Crippen LogP) is 0.0798. The zero-order chi connectivity index (χ0) is 14.4. The van der Waals surface area contributed by atoms with Gasteiger partial charge in [-0.25, -0.2) is 9.67 Å². The van der Waals surface area contributed by atoms with Crippen LogP contribution in [0.5, 0.6) is 0 Å². The summed E-state index contributed by atoms with van der Waals surface area (Å²) in [5, 5.41) is 0. The van der Waals surface area contributed by atoms with Crippen LogP contribution in [-0.4, -0.2) is 20.9 Å². The molecule has 0 unspecified atom stereocenters. The monoisotopic (exact) mass is 273 g/mol. The molecule has 0 saturated heterocycles. The van der Waals surface area contributed by atoms with E-state index in [-0.39, 0.29) is 22.7 Å². The number of carbonyl (C=O) groups excluding carboxylic acids is 1. The normalized spacial score (nSPS) is 20.1. The van der Waals surface area contributed by atoms with Gasteiger partial charge in [-0.3, -0.25) is 14.3 Å². The third kappa shape index (κ3) is 1.70. The van der Waals surface area contributed by atoms with Crippen LogP contribution in [0.2, 0.25) is 0 Å². The molecule has 1 aromatic rings. The highest BCUT2D eigenvalue weighted by molar-refractivity contribution is 6.21. The molecular weight excluding hydrogens is 258 g/mol. The second-order valence-corrected chi connectivity index (χ2v) is 4.93. The predicted molar refractivity (Wildman–Crippen MR) is 75.9 cm³/mol. The third-order valence-corrected chi connectivity index (χ3v) is 3.55. The number of hydrogen-bond donors (Lipinski definition) is 2. The van der Waals surface area contributed by atoms with E-state index in [1.54, 1.807) is 22.4 Å². The first kappa shape index (κ1) is 12.5. The number of rotatable bonds is 1. The minimum Gasteiger partial charge on any atom is -0.397 e. The van der Waals surface area contributed by atoms with Crippen molar-refractivity contribution in [2.45, 2.75) is 26.4 Å². The zero-order valence-corrected chi connectivity index (χ0v) is 11.1. The molecule has 0 atom stereocenters. The topological polar surface area (TPSA) is 108 Å². The van der Waals surface area contributed by atoms with Crippen molar-refractivity contribution in [2.75, 3.05) is 5.73 Å².